The zero-order valence-electron chi connectivity index (χ0n) is 13.1. The molecule has 3 aromatic rings. The molecule has 1 fully saturated rings. The molecule has 0 N–H and O–H groups in total. The van der Waals surface area contributed by atoms with E-state index in [0.717, 1.165) is 19.4 Å². The van der Waals surface area contributed by atoms with Crippen molar-refractivity contribution < 1.29 is 9.32 Å². The lowest BCUT2D eigenvalue weighted by Crippen LogP contribution is -2.30. The molecule has 2 aromatic heterocycles. The molecule has 1 aliphatic rings. The van der Waals surface area contributed by atoms with Crippen LogP contribution in [0.5, 0.6) is 0 Å². The minimum atomic E-state index is -0.123. The molecular weight excluding hydrogens is 322 g/mol. The van der Waals surface area contributed by atoms with Gasteiger partial charge in [-0.25, -0.2) is 0 Å². The zero-order chi connectivity index (χ0) is 16.4. The van der Waals surface area contributed by atoms with Gasteiger partial charge in [-0.05, 0) is 36.4 Å². The summed E-state index contributed by atoms with van der Waals surface area (Å²) in [5.41, 5.74) is 0.697. The highest BCUT2D eigenvalue weighted by molar-refractivity contribution is 7.09. The van der Waals surface area contributed by atoms with Crippen LogP contribution in [0.2, 0.25) is 0 Å². The van der Waals surface area contributed by atoms with Gasteiger partial charge in [0.05, 0.1) is 0 Å². The van der Waals surface area contributed by atoms with E-state index in [9.17, 15) is 4.79 Å². The van der Waals surface area contributed by atoms with Gasteiger partial charge in [-0.15, -0.1) is 11.3 Å². The van der Waals surface area contributed by atoms with Gasteiger partial charge in [0, 0.05) is 23.4 Å². The van der Waals surface area contributed by atoms with Crippen molar-refractivity contribution >= 4 is 17.2 Å². The Morgan fingerprint density at radius 2 is 2.12 bits per heavy atom. The highest BCUT2D eigenvalue weighted by Gasteiger charge is 2.34. The monoisotopic (exact) mass is 339 g/mol. The topological polar surface area (TPSA) is 59.2 Å². The molecule has 0 saturated carbocycles. The van der Waals surface area contributed by atoms with E-state index in [-0.39, 0.29) is 11.9 Å². The molecule has 1 amide bonds. The van der Waals surface area contributed by atoms with E-state index in [2.05, 4.69) is 16.2 Å². The second-order valence-corrected chi connectivity index (χ2v) is 6.86. The van der Waals surface area contributed by atoms with Crippen molar-refractivity contribution in [3.8, 4) is 0 Å². The highest BCUT2D eigenvalue weighted by Crippen LogP contribution is 2.32. The Kier molecular flexibility index (Phi) is 4.13. The lowest BCUT2D eigenvalue weighted by molar-refractivity contribution is 0.0710. The molecule has 3 heterocycles. The largest absolute Gasteiger partial charge is 0.337 e. The number of carbonyl (C=O) groups excluding carboxylic acids is 1. The molecule has 0 spiro atoms. The van der Waals surface area contributed by atoms with Gasteiger partial charge in [0.2, 0.25) is 5.89 Å². The maximum atomic E-state index is 12.7. The first kappa shape index (κ1) is 15.1. The van der Waals surface area contributed by atoms with E-state index in [1.807, 2.05) is 46.7 Å². The molecule has 0 bridgehead atoms. The molecule has 0 unspecified atom stereocenters. The van der Waals surface area contributed by atoms with E-state index >= 15 is 0 Å². The van der Waals surface area contributed by atoms with Crippen molar-refractivity contribution in [1.82, 2.24) is 15.0 Å². The Morgan fingerprint density at radius 3 is 2.92 bits per heavy atom. The summed E-state index contributed by atoms with van der Waals surface area (Å²) in [7, 11) is 0. The number of nitrogens with zero attached hydrogens (tertiary/aromatic N) is 3. The number of hydrogen-bond acceptors (Lipinski definition) is 5. The maximum absolute atomic E-state index is 12.7. The second-order valence-electron chi connectivity index (χ2n) is 5.83. The number of thiophene rings is 1. The molecule has 0 radical (unpaired) electrons. The third kappa shape index (κ3) is 2.97. The van der Waals surface area contributed by atoms with Crippen LogP contribution in [0.1, 0.15) is 45.8 Å². The lowest BCUT2D eigenvalue weighted by Gasteiger charge is -2.21. The van der Waals surface area contributed by atoms with Gasteiger partial charge in [-0.3, -0.25) is 4.79 Å². The van der Waals surface area contributed by atoms with Gasteiger partial charge < -0.3 is 9.42 Å². The molecule has 1 aliphatic heterocycles. The van der Waals surface area contributed by atoms with E-state index in [0.29, 0.717) is 23.7 Å². The van der Waals surface area contributed by atoms with Crippen LogP contribution in [0.4, 0.5) is 0 Å². The van der Waals surface area contributed by atoms with E-state index < -0.39 is 0 Å². The van der Waals surface area contributed by atoms with Crippen LogP contribution >= 0.6 is 11.3 Å². The standard InChI is InChI=1S/C18H17N3O2S/c22-18(13-6-2-1-3-7-13)21-10-4-9-15(21)17-19-16(20-23-17)12-14-8-5-11-24-14/h1-3,5-8,11,15H,4,9-10,12H2/t15-/m1/s1. The normalized spacial score (nSPS) is 17.3. The van der Waals surface area contributed by atoms with Gasteiger partial charge in [0.25, 0.3) is 5.91 Å². The number of benzene rings is 1. The Labute approximate surface area is 143 Å². The third-order valence-electron chi connectivity index (χ3n) is 4.22. The van der Waals surface area contributed by atoms with Crippen molar-refractivity contribution in [2.24, 2.45) is 0 Å². The van der Waals surface area contributed by atoms with Crippen molar-refractivity contribution in [2.45, 2.75) is 25.3 Å². The maximum Gasteiger partial charge on any atom is 0.254 e. The number of aromatic nitrogens is 2. The first-order chi connectivity index (χ1) is 11.8. The van der Waals surface area contributed by atoms with E-state index in [4.69, 9.17) is 4.52 Å². The molecule has 24 heavy (non-hydrogen) atoms. The van der Waals surface area contributed by atoms with Crippen LogP contribution in [0, 0.1) is 0 Å². The molecule has 5 nitrogen and oxygen atoms in total. The van der Waals surface area contributed by atoms with Crippen LogP contribution in [-0.4, -0.2) is 27.5 Å². The molecule has 4 rings (SSSR count). The minimum absolute atomic E-state index is 0.0242. The fourth-order valence-electron chi connectivity index (χ4n) is 3.06. The first-order valence-electron chi connectivity index (χ1n) is 8.02. The Bertz CT molecular complexity index is 814. The van der Waals surface area contributed by atoms with Crippen LogP contribution in [0.15, 0.2) is 52.4 Å². The lowest BCUT2D eigenvalue weighted by atomic mass is 10.1. The van der Waals surface area contributed by atoms with Crippen molar-refractivity contribution in [2.75, 3.05) is 6.54 Å². The molecular formula is C18H17N3O2S. The summed E-state index contributed by atoms with van der Waals surface area (Å²) in [6, 6.07) is 13.3. The summed E-state index contributed by atoms with van der Waals surface area (Å²) in [5.74, 6) is 1.24. The van der Waals surface area contributed by atoms with Crippen molar-refractivity contribution in [1.29, 1.82) is 0 Å². The zero-order valence-corrected chi connectivity index (χ0v) is 13.9. The Morgan fingerprint density at radius 1 is 1.25 bits per heavy atom. The highest BCUT2D eigenvalue weighted by atomic mass is 32.1. The fraction of sp³-hybridized carbons (Fsp3) is 0.278. The predicted molar refractivity (Wildman–Crippen MR) is 90.9 cm³/mol. The van der Waals surface area contributed by atoms with Crippen LogP contribution in [-0.2, 0) is 6.42 Å². The van der Waals surface area contributed by atoms with E-state index in [1.165, 1.54) is 4.88 Å². The van der Waals surface area contributed by atoms with Gasteiger partial charge in [-0.1, -0.05) is 29.4 Å². The average molecular weight is 339 g/mol. The first-order valence-corrected chi connectivity index (χ1v) is 8.90. The number of rotatable bonds is 4. The Balaban J connectivity index is 1.53. The smallest absolute Gasteiger partial charge is 0.254 e. The van der Waals surface area contributed by atoms with Crippen LogP contribution < -0.4 is 0 Å². The SMILES string of the molecule is O=C(c1ccccc1)N1CCC[C@@H]1c1nc(Cc2cccs2)no1. The fourth-order valence-corrected chi connectivity index (χ4v) is 3.76. The number of carbonyl (C=O) groups is 1. The van der Waals surface area contributed by atoms with Gasteiger partial charge in [0.15, 0.2) is 5.82 Å². The molecule has 6 heteroatoms. The summed E-state index contributed by atoms with van der Waals surface area (Å²) in [6.07, 6.45) is 2.48. The van der Waals surface area contributed by atoms with Gasteiger partial charge in [-0.2, -0.15) is 4.98 Å². The summed E-state index contributed by atoms with van der Waals surface area (Å²) in [6.45, 7) is 0.723. The van der Waals surface area contributed by atoms with Crippen LogP contribution in [0.3, 0.4) is 0 Å². The predicted octanol–water partition coefficient (Wildman–Crippen LogP) is 3.70. The molecule has 1 saturated heterocycles. The van der Waals surface area contributed by atoms with Crippen LogP contribution in [0.25, 0.3) is 0 Å². The molecule has 1 aromatic carbocycles. The third-order valence-corrected chi connectivity index (χ3v) is 5.09. The van der Waals surface area contributed by atoms with Crippen molar-refractivity contribution in [3.63, 3.8) is 0 Å². The van der Waals surface area contributed by atoms with Crippen molar-refractivity contribution in [3.05, 3.63) is 70.0 Å². The number of likely N-dealkylation sites (tertiary alicyclic amines) is 1. The summed E-state index contributed by atoms with van der Waals surface area (Å²) in [5, 5.41) is 6.12. The van der Waals surface area contributed by atoms with Gasteiger partial charge in [0.1, 0.15) is 6.04 Å². The second kappa shape index (κ2) is 6.57. The average Bonchev–Trinajstić information content (AvgIpc) is 3.36. The number of amides is 1. The molecule has 1 atom stereocenters. The summed E-state index contributed by atoms with van der Waals surface area (Å²) in [4.78, 5) is 20.3. The molecule has 122 valence electrons. The Hall–Kier alpha value is -2.47. The quantitative estimate of drug-likeness (QED) is 0.727. The summed E-state index contributed by atoms with van der Waals surface area (Å²) < 4.78 is 5.46. The number of hydrogen-bond donors (Lipinski definition) is 0. The van der Waals surface area contributed by atoms with E-state index in [1.54, 1.807) is 11.3 Å². The molecule has 0 aliphatic carbocycles. The minimum Gasteiger partial charge on any atom is -0.337 e. The summed E-state index contributed by atoms with van der Waals surface area (Å²) >= 11 is 1.68. The van der Waals surface area contributed by atoms with Gasteiger partial charge >= 0.3 is 0 Å².